The topological polar surface area (TPSA) is 53.4 Å². The first-order valence-corrected chi connectivity index (χ1v) is 5.59. The molecule has 0 spiro atoms. The van der Waals surface area contributed by atoms with E-state index in [1.54, 1.807) is 0 Å². The van der Waals surface area contributed by atoms with Gasteiger partial charge in [-0.15, -0.1) is 11.6 Å². The number of nitrogens with zero attached hydrogens (tertiary/aromatic N) is 1. The lowest BCUT2D eigenvalue weighted by Crippen LogP contribution is -2.19. The first kappa shape index (κ1) is 13.0. The number of rotatable bonds is 4. The van der Waals surface area contributed by atoms with Crippen LogP contribution in [0.4, 0.5) is 0 Å². The van der Waals surface area contributed by atoms with Crippen molar-refractivity contribution in [3.63, 3.8) is 0 Å². The lowest BCUT2D eigenvalue weighted by Gasteiger charge is -2.18. The van der Waals surface area contributed by atoms with Crippen LogP contribution in [-0.2, 0) is 0 Å². The van der Waals surface area contributed by atoms with Crippen LogP contribution >= 0.6 is 34.8 Å². The van der Waals surface area contributed by atoms with Crippen LogP contribution in [0.1, 0.15) is 18.1 Å². The molecule has 0 aromatic carbocycles. The number of alkyl halides is 1. The number of aliphatic hydroxyl groups excluding tert-OH is 2. The van der Waals surface area contributed by atoms with Crippen molar-refractivity contribution in [2.45, 2.75) is 18.6 Å². The molecule has 0 aliphatic heterocycles. The van der Waals surface area contributed by atoms with E-state index >= 15 is 0 Å². The molecule has 1 rings (SSSR count). The molecule has 3 nitrogen and oxygen atoms in total. The third kappa shape index (κ3) is 3.20. The maximum Gasteiger partial charge on any atom is 0.136 e. The number of hydrogen-bond donors (Lipinski definition) is 2. The Morgan fingerprint density at radius 3 is 2.53 bits per heavy atom. The molecular weight excluding hydrogens is 260 g/mol. The summed E-state index contributed by atoms with van der Waals surface area (Å²) in [7, 11) is 0. The number of aliphatic hydroxyl groups is 2. The quantitative estimate of drug-likeness (QED) is 0.652. The van der Waals surface area contributed by atoms with Gasteiger partial charge in [0.1, 0.15) is 11.3 Å². The minimum absolute atomic E-state index is 0.0867. The highest BCUT2D eigenvalue weighted by Gasteiger charge is 2.23. The SMILES string of the molecule is OC(CCCl)C(O)c1c(Cl)ccnc1Cl. The first-order valence-electron chi connectivity index (χ1n) is 4.30. The molecule has 84 valence electrons. The Balaban J connectivity index is 2.94. The van der Waals surface area contributed by atoms with Crippen molar-refractivity contribution in [3.05, 3.63) is 28.0 Å². The highest BCUT2D eigenvalue weighted by atomic mass is 35.5. The van der Waals surface area contributed by atoms with Crippen LogP contribution in [0.5, 0.6) is 0 Å². The summed E-state index contributed by atoms with van der Waals surface area (Å²) in [5.74, 6) is 0.244. The standard InChI is InChI=1S/C9H10Cl3NO2/c10-3-1-6(14)8(15)7-5(11)2-4-13-9(7)12/h2,4,6,8,14-15H,1,3H2. The summed E-state index contributed by atoms with van der Waals surface area (Å²) < 4.78 is 0. The minimum Gasteiger partial charge on any atom is -0.390 e. The van der Waals surface area contributed by atoms with Crippen LogP contribution in [0, 0.1) is 0 Å². The number of pyridine rings is 1. The van der Waals surface area contributed by atoms with Gasteiger partial charge in [0.2, 0.25) is 0 Å². The van der Waals surface area contributed by atoms with E-state index in [9.17, 15) is 10.2 Å². The second kappa shape index (κ2) is 5.87. The summed E-state index contributed by atoms with van der Waals surface area (Å²) in [5, 5.41) is 19.7. The number of halogens is 3. The second-order valence-corrected chi connectivity index (χ2v) is 4.13. The molecule has 0 saturated carbocycles. The van der Waals surface area contributed by atoms with Gasteiger partial charge in [0.05, 0.1) is 11.1 Å². The molecule has 2 atom stereocenters. The van der Waals surface area contributed by atoms with Crippen LogP contribution in [0.2, 0.25) is 10.2 Å². The molecule has 1 aromatic heterocycles. The second-order valence-electron chi connectivity index (χ2n) is 2.99. The van der Waals surface area contributed by atoms with Gasteiger partial charge in [-0.2, -0.15) is 0 Å². The molecule has 0 aliphatic carbocycles. The van der Waals surface area contributed by atoms with Crippen LogP contribution in [0.15, 0.2) is 12.3 Å². The highest BCUT2D eigenvalue weighted by molar-refractivity contribution is 6.35. The predicted octanol–water partition coefficient (Wildman–Crippen LogP) is 2.41. The van der Waals surface area contributed by atoms with Gasteiger partial charge in [-0.25, -0.2) is 4.98 Å². The molecule has 1 heterocycles. The zero-order valence-electron chi connectivity index (χ0n) is 7.70. The van der Waals surface area contributed by atoms with Crippen molar-refractivity contribution in [3.8, 4) is 0 Å². The summed E-state index contributed by atoms with van der Waals surface area (Å²) in [6.07, 6.45) is -0.488. The molecule has 0 bridgehead atoms. The summed E-state index contributed by atoms with van der Waals surface area (Å²) in [5.41, 5.74) is 0.235. The Hall–Kier alpha value is -0.0600. The van der Waals surface area contributed by atoms with Crippen LogP contribution in [0.3, 0.4) is 0 Å². The largest absolute Gasteiger partial charge is 0.390 e. The van der Waals surface area contributed by atoms with Gasteiger partial charge in [0, 0.05) is 17.6 Å². The fourth-order valence-corrected chi connectivity index (χ4v) is 1.95. The lowest BCUT2D eigenvalue weighted by molar-refractivity contribution is 0.0169. The molecule has 0 aliphatic rings. The van der Waals surface area contributed by atoms with Gasteiger partial charge in [-0.3, -0.25) is 0 Å². The van der Waals surface area contributed by atoms with E-state index in [0.29, 0.717) is 0 Å². The summed E-state index contributed by atoms with van der Waals surface area (Å²) in [6.45, 7) is 0. The van der Waals surface area contributed by atoms with E-state index in [1.807, 2.05) is 0 Å². The summed E-state index contributed by atoms with van der Waals surface area (Å²) in [4.78, 5) is 3.78. The van der Waals surface area contributed by atoms with E-state index in [4.69, 9.17) is 34.8 Å². The van der Waals surface area contributed by atoms with Gasteiger partial charge in [-0.05, 0) is 12.5 Å². The molecule has 0 radical (unpaired) electrons. The lowest BCUT2D eigenvalue weighted by atomic mass is 10.0. The van der Waals surface area contributed by atoms with Crippen molar-refractivity contribution in [1.29, 1.82) is 0 Å². The zero-order chi connectivity index (χ0) is 11.4. The fourth-order valence-electron chi connectivity index (χ4n) is 1.15. The van der Waals surface area contributed by atoms with Gasteiger partial charge in [0.15, 0.2) is 0 Å². The van der Waals surface area contributed by atoms with Gasteiger partial charge in [0.25, 0.3) is 0 Å². The zero-order valence-corrected chi connectivity index (χ0v) is 9.97. The third-order valence-electron chi connectivity index (χ3n) is 1.95. The average Bonchev–Trinajstić information content (AvgIpc) is 2.17. The normalized spacial score (nSPS) is 15.0. The average molecular weight is 271 g/mol. The Labute approximate surface area is 103 Å². The Morgan fingerprint density at radius 2 is 2.00 bits per heavy atom. The predicted molar refractivity (Wildman–Crippen MR) is 60.6 cm³/mol. The van der Waals surface area contributed by atoms with Gasteiger partial charge in [-0.1, -0.05) is 23.2 Å². The van der Waals surface area contributed by atoms with Crippen LogP contribution in [-0.4, -0.2) is 27.2 Å². The van der Waals surface area contributed by atoms with Crippen LogP contribution < -0.4 is 0 Å². The van der Waals surface area contributed by atoms with Crippen molar-refractivity contribution < 1.29 is 10.2 Å². The molecule has 1 aromatic rings. The monoisotopic (exact) mass is 269 g/mol. The fraction of sp³-hybridized carbons (Fsp3) is 0.444. The van der Waals surface area contributed by atoms with Crippen molar-refractivity contribution in [2.24, 2.45) is 0 Å². The van der Waals surface area contributed by atoms with E-state index < -0.39 is 12.2 Å². The first-order chi connectivity index (χ1) is 7.07. The Morgan fingerprint density at radius 1 is 1.33 bits per heavy atom. The minimum atomic E-state index is -1.17. The van der Waals surface area contributed by atoms with Crippen molar-refractivity contribution >= 4 is 34.8 Å². The maximum atomic E-state index is 9.76. The summed E-state index contributed by atoms with van der Waals surface area (Å²) >= 11 is 17.1. The van der Waals surface area contributed by atoms with E-state index in [0.717, 1.165) is 0 Å². The molecular formula is C9H10Cl3NO2. The Bertz CT molecular complexity index is 315. The highest BCUT2D eigenvalue weighted by Crippen LogP contribution is 2.31. The maximum absolute atomic E-state index is 9.76. The van der Waals surface area contributed by atoms with Gasteiger partial charge < -0.3 is 10.2 Å². The van der Waals surface area contributed by atoms with E-state index in [2.05, 4.69) is 4.98 Å². The molecule has 2 unspecified atom stereocenters. The van der Waals surface area contributed by atoms with E-state index in [1.165, 1.54) is 12.3 Å². The molecule has 0 fully saturated rings. The molecule has 15 heavy (non-hydrogen) atoms. The Kier molecular flexibility index (Phi) is 5.09. The molecule has 2 N–H and O–H groups in total. The van der Waals surface area contributed by atoms with Crippen molar-refractivity contribution in [2.75, 3.05) is 5.88 Å². The number of aromatic nitrogens is 1. The molecule has 0 amide bonds. The molecule has 6 heteroatoms. The van der Waals surface area contributed by atoms with E-state index in [-0.39, 0.29) is 28.0 Å². The summed E-state index contributed by atoms with van der Waals surface area (Å²) in [6, 6.07) is 1.50. The number of hydrogen-bond acceptors (Lipinski definition) is 3. The van der Waals surface area contributed by atoms with Gasteiger partial charge >= 0.3 is 0 Å². The van der Waals surface area contributed by atoms with Crippen LogP contribution in [0.25, 0.3) is 0 Å². The molecule has 0 saturated heterocycles. The third-order valence-corrected chi connectivity index (χ3v) is 2.80. The van der Waals surface area contributed by atoms with Crippen molar-refractivity contribution in [1.82, 2.24) is 4.98 Å². The smallest absolute Gasteiger partial charge is 0.136 e.